The zero-order valence-corrected chi connectivity index (χ0v) is 12.2. The summed E-state index contributed by atoms with van der Waals surface area (Å²) < 4.78 is 3.50. The smallest absolute Gasteiger partial charge is 0.111 e. The highest BCUT2D eigenvalue weighted by Gasteiger charge is 2.19. The molecule has 2 aromatic rings. The molecule has 1 atom stereocenters. The van der Waals surface area contributed by atoms with Gasteiger partial charge in [0.1, 0.15) is 5.82 Å². The topological polar surface area (TPSA) is 17.8 Å². The molecule has 1 unspecified atom stereocenters. The lowest BCUT2D eigenvalue weighted by Gasteiger charge is -2.19. The van der Waals surface area contributed by atoms with E-state index in [1.54, 1.807) is 0 Å². The first-order chi connectivity index (χ1) is 8.74. The van der Waals surface area contributed by atoms with E-state index in [-0.39, 0.29) is 0 Å². The highest BCUT2D eigenvalue weighted by Crippen LogP contribution is 2.27. The number of hydrogen-bond acceptors (Lipinski definition) is 1. The monoisotopic (exact) mass is 304 g/mol. The highest BCUT2D eigenvalue weighted by molar-refractivity contribution is 9.10. The maximum Gasteiger partial charge on any atom is 0.111 e. The first-order valence-electron chi connectivity index (χ1n) is 6.53. The molecule has 0 bridgehead atoms. The molecule has 3 rings (SSSR count). The largest absolute Gasteiger partial charge is 0.334 e. The third-order valence-electron chi connectivity index (χ3n) is 3.66. The van der Waals surface area contributed by atoms with Crippen molar-refractivity contribution >= 4 is 15.9 Å². The lowest BCUT2D eigenvalue weighted by atomic mass is 10.0. The van der Waals surface area contributed by atoms with Gasteiger partial charge in [-0.3, -0.25) is 0 Å². The van der Waals surface area contributed by atoms with Gasteiger partial charge in [0.2, 0.25) is 0 Å². The second kappa shape index (κ2) is 4.88. The number of nitrogens with zero attached hydrogens (tertiary/aromatic N) is 2. The van der Waals surface area contributed by atoms with E-state index in [4.69, 9.17) is 4.98 Å². The van der Waals surface area contributed by atoms with Gasteiger partial charge in [-0.1, -0.05) is 41.1 Å². The first-order valence-corrected chi connectivity index (χ1v) is 7.32. The van der Waals surface area contributed by atoms with Crippen LogP contribution < -0.4 is 0 Å². The first kappa shape index (κ1) is 12.0. The fourth-order valence-corrected chi connectivity index (χ4v) is 3.10. The molecule has 0 N–H and O–H groups in total. The van der Waals surface area contributed by atoms with Crippen LogP contribution in [-0.2, 0) is 13.0 Å². The minimum atomic E-state index is 0.603. The molecule has 0 aliphatic carbocycles. The third-order valence-corrected chi connectivity index (χ3v) is 4.44. The maximum atomic E-state index is 4.81. The molecule has 0 saturated carbocycles. The SMILES string of the molecule is CC1CCCn2cc(Cc3ccccc3Br)nc21. The predicted octanol–water partition coefficient (Wildman–Crippen LogP) is 4.13. The summed E-state index contributed by atoms with van der Waals surface area (Å²) in [7, 11) is 0. The molecule has 1 aliphatic heterocycles. The number of aryl methyl sites for hydroxylation is 1. The minimum Gasteiger partial charge on any atom is -0.334 e. The van der Waals surface area contributed by atoms with Gasteiger partial charge in [-0.2, -0.15) is 0 Å². The van der Waals surface area contributed by atoms with Crippen molar-refractivity contribution in [2.45, 2.75) is 38.6 Å². The van der Waals surface area contributed by atoms with E-state index in [2.05, 4.69) is 51.8 Å². The molecular weight excluding hydrogens is 288 g/mol. The van der Waals surface area contributed by atoms with E-state index in [0.29, 0.717) is 5.92 Å². The molecule has 3 heteroatoms. The summed E-state index contributed by atoms with van der Waals surface area (Å²) in [5, 5.41) is 0. The Balaban J connectivity index is 1.88. The quantitative estimate of drug-likeness (QED) is 0.815. The van der Waals surface area contributed by atoms with Crippen molar-refractivity contribution < 1.29 is 0 Å². The zero-order chi connectivity index (χ0) is 12.5. The van der Waals surface area contributed by atoms with Gasteiger partial charge in [-0.05, 0) is 24.5 Å². The summed E-state index contributed by atoms with van der Waals surface area (Å²) in [6.45, 7) is 3.41. The highest BCUT2D eigenvalue weighted by atomic mass is 79.9. The normalized spacial score (nSPS) is 18.7. The van der Waals surface area contributed by atoms with Gasteiger partial charge in [-0.15, -0.1) is 0 Å². The number of aromatic nitrogens is 2. The maximum absolute atomic E-state index is 4.81. The second-order valence-corrected chi connectivity index (χ2v) is 5.95. The fraction of sp³-hybridized carbons (Fsp3) is 0.400. The Hall–Kier alpha value is -1.09. The van der Waals surface area contributed by atoms with Gasteiger partial charge in [0.25, 0.3) is 0 Å². The molecule has 94 valence electrons. The summed E-state index contributed by atoms with van der Waals surface area (Å²) in [6.07, 6.45) is 5.68. The fourth-order valence-electron chi connectivity index (χ4n) is 2.68. The van der Waals surface area contributed by atoms with E-state index in [9.17, 15) is 0 Å². The molecular formula is C15H17BrN2. The summed E-state index contributed by atoms with van der Waals surface area (Å²) in [5.74, 6) is 1.87. The summed E-state index contributed by atoms with van der Waals surface area (Å²) >= 11 is 3.60. The molecule has 0 amide bonds. The van der Waals surface area contributed by atoms with Crippen LogP contribution in [0, 0.1) is 0 Å². The van der Waals surface area contributed by atoms with Crippen LogP contribution in [-0.4, -0.2) is 9.55 Å². The number of rotatable bonds is 2. The van der Waals surface area contributed by atoms with Gasteiger partial charge >= 0.3 is 0 Å². The van der Waals surface area contributed by atoms with Crippen LogP contribution >= 0.6 is 15.9 Å². The van der Waals surface area contributed by atoms with E-state index < -0.39 is 0 Å². The van der Waals surface area contributed by atoms with Crippen molar-refractivity contribution in [3.8, 4) is 0 Å². The van der Waals surface area contributed by atoms with Crippen molar-refractivity contribution in [3.63, 3.8) is 0 Å². The van der Waals surface area contributed by atoms with Gasteiger partial charge in [0.15, 0.2) is 0 Å². The Morgan fingerprint density at radius 3 is 3.00 bits per heavy atom. The van der Waals surface area contributed by atoms with Gasteiger partial charge in [0.05, 0.1) is 5.69 Å². The number of benzene rings is 1. The molecule has 0 fully saturated rings. The second-order valence-electron chi connectivity index (χ2n) is 5.10. The van der Waals surface area contributed by atoms with Crippen LogP contribution in [0.5, 0.6) is 0 Å². The van der Waals surface area contributed by atoms with E-state index >= 15 is 0 Å². The molecule has 1 aromatic heterocycles. The lowest BCUT2D eigenvalue weighted by molar-refractivity contribution is 0.463. The van der Waals surface area contributed by atoms with E-state index in [0.717, 1.165) is 13.0 Å². The lowest BCUT2D eigenvalue weighted by Crippen LogP contribution is -2.12. The number of halogens is 1. The van der Waals surface area contributed by atoms with Crippen molar-refractivity contribution in [2.75, 3.05) is 0 Å². The summed E-state index contributed by atoms with van der Waals surface area (Å²) in [5.41, 5.74) is 2.49. The van der Waals surface area contributed by atoms with E-state index in [1.807, 2.05) is 6.07 Å². The van der Waals surface area contributed by atoms with Crippen molar-refractivity contribution in [2.24, 2.45) is 0 Å². The van der Waals surface area contributed by atoms with Crippen LogP contribution in [0.4, 0.5) is 0 Å². The van der Waals surface area contributed by atoms with Crippen LogP contribution in [0.2, 0.25) is 0 Å². The summed E-state index contributed by atoms with van der Waals surface area (Å²) in [4.78, 5) is 4.81. The Morgan fingerprint density at radius 2 is 2.22 bits per heavy atom. The predicted molar refractivity (Wildman–Crippen MR) is 76.8 cm³/mol. The van der Waals surface area contributed by atoms with Crippen LogP contribution in [0.25, 0.3) is 0 Å². The van der Waals surface area contributed by atoms with Crippen LogP contribution in [0.15, 0.2) is 34.9 Å². The van der Waals surface area contributed by atoms with Gasteiger partial charge in [-0.25, -0.2) is 4.98 Å². The number of fused-ring (bicyclic) bond motifs is 1. The van der Waals surface area contributed by atoms with Crippen molar-refractivity contribution in [1.82, 2.24) is 9.55 Å². The average molecular weight is 305 g/mol. The Labute approximate surface area is 116 Å². The van der Waals surface area contributed by atoms with Crippen LogP contribution in [0.1, 0.15) is 42.8 Å². The molecule has 0 saturated heterocycles. The van der Waals surface area contributed by atoms with E-state index in [1.165, 1.54) is 34.4 Å². The number of hydrogen-bond donors (Lipinski definition) is 0. The molecule has 1 aromatic carbocycles. The standard InChI is InChI=1S/C15H17BrN2/c1-11-5-4-8-18-10-13(17-15(11)18)9-12-6-2-3-7-14(12)16/h2-3,6-7,10-11H,4-5,8-9H2,1H3. The minimum absolute atomic E-state index is 0.603. The summed E-state index contributed by atoms with van der Waals surface area (Å²) in [6, 6.07) is 8.38. The van der Waals surface area contributed by atoms with Crippen LogP contribution in [0.3, 0.4) is 0 Å². The Kier molecular flexibility index (Phi) is 3.25. The average Bonchev–Trinajstić information content (AvgIpc) is 2.76. The molecule has 2 heterocycles. The third kappa shape index (κ3) is 2.24. The molecule has 2 nitrogen and oxygen atoms in total. The number of imidazole rings is 1. The van der Waals surface area contributed by atoms with Gasteiger partial charge < -0.3 is 4.57 Å². The van der Waals surface area contributed by atoms with Gasteiger partial charge in [0, 0.05) is 29.6 Å². The Morgan fingerprint density at radius 1 is 1.39 bits per heavy atom. The molecule has 18 heavy (non-hydrogen) atoms. The molecule has 1 aliphatic rings. The Bertz CT molecular complexity index is 559. The molecule has 0 radical (unpaired) electrons. The zero-order valence-electron chi connectivity index (χ0n) is 10.6. The van der Waals surface area contributed by atoms with Crippen molar-refractivity contribution in [3.05, 3.63) is 52.0 Å². The van der Waals surface area contributed by atoms with Crippen molar-refractivity contribution in [1.29, 1.82) is 0 Å². The molecule has 0 spiro atoms.